The monoisotopic (exact) mass is 167 g/mol. The van der Waals surface area contributed by atoms with Gasteiger partial charge in [-0.1, -0.05) is 0 Å². The van der Waals surface area contributed by atoms with Gasteiger partial charge >= 0.3 is 0 Å². The molecule has 3 N–H and O–H groups in total. The van der Waals surface area contributed by atoms with Crippen molar-refractivity contribution in [2.24, 2.45) is 0 Å². The molecule has 0 unspecified atom stereocenters. The van der Waals surface area contributed by atoms with E-state index in [1.54, 1.807) is 0 Å². The Bertz CT molecular complexity index is 264. The van der Waals surface area contributed by atoms with E-state index in [1.807, 2.05) is 31.9 Å². The molecule has 0 atom stereocenters. The molecular formula is C8H15N4. The number of anilines is 2. The number of nitrogens with one attached hydrogen (secondary N) is 3. The van der Waals surface area contributed by atoms with Crippen LogP contribution >= 0.6 is 0 Å². The van der Waals surface area contributed by atoms with E-state index in [0.29, 0.717) is 0 Å². The van der Waals surface area contributed by atoms with Gasteiger partial charge in [0.15, 0.2) is 0 Å². The molecule has 4 heteroatoms. The molecule has 0 amide bonds. The third-order valence-electron chi connectivity index (χ3n) is 1.85. The maximum absolute atomic E-state index is 3.93. The lowest BCUT2D eigenvalue weighted by Gasteiger charge is -2.09. The average Bonchev–Trinajstić information content (AvgIpc) is 2.41. The van der Waals surface area contributed by atoms with E-state index in [4.69, 9.17) is 0 Å². The van der Waals surface area contributed by atoms with Crippen LogP contribution in [0.1, 0.15) is 5.69 Å². The van der Waals surface area contributed by atoms with Gasteiger partial charge < -0.3 is 16.1 Å². The predicted molar refractivity (Wildman–Crippen MR) is 53.3 cm³/mol. The van der Waals surface area contributed by atoms with Crippen molar-refractivity contribution in [2.45, 2.75) is 0 Å². The van der Waals surface area contributed by atoms with Gasteiger partial charge in [0.05, 0.1) is 11.4 Å². The molecule has 1 rings (SSSR count). The number of hydrogen-bond acceptors (Lipinski definition) is 3. The van der Waals surface area contributed by atoms with Crippen molar-refractivity contribution < 1.29 is 0 Å². The molecule has 0 fully saturated rings. The zero-order valence-corrected chi connectivity index (χ0v) is 7.73. The molecule has 4 nitrogen and oxygen atoms in total. The zero-order valence-electron chi connectivity index (χ0n) is 7.73. The summed E-state index contributed by atoms with van der Waals surface area (Å²) in [7, 11) is 5.61. The second-order valence-corrected chi connectivity index (χ2v) is 2.45. The van der Waals surface area contributed by atoms with E-state index in [2.05, 4.69) is 23.0 Å². The van der Waals surface area contributed by atoms with Gasteiger partial charge in [-0.25, -0.2) is 4.68 Å². The van der Waals surface area contributed by atoms with Crippen LogP contribution in [0, 0.1) is 6.92 Å². The molecule has 1 aromatic rings. The molecule has 0 aliphatic rings. The van der Waals surface area contributed by atoms with Crippen LogP contribution in [-0.4, -0.2) is 25.8 Å². The first-order chi connectivity index (χ1) is 5.74. The highest BCUT2D eigenvalue weighted by atomic mass is 15.4. The van der Waals surface area contributed by atoms with E-state index in [-0.39, 0.29) is 0 Å². The smallest absolute Gasteiger partial charge is 0.127 e. The molecule has 0 aliphatic heterocycles. The van der Waals surface area contributed by atoms with Gasteiger partial charge in [0.1, 0.15) is 5.82 Å². The van der Waals surface area contributed by atoms with Gasteiger partial charge in [0.2, 0.25) is 0 Å². The SMILES string of the molecule is [CH2]c1c(NC)cc(NC)n1NC. The van der Waals surface area contributed by atoms with Crippen molar-refractivity contribution in [3.63, 3.8) is 0 Å². The predicted octanol–water partition coefficient (Wildman–Crippen LogP) is 0.927. The summed E-state index contributed by atoms with van der Waals surface area (Å²) in [4.78, 5) is 0. The van der Waals surface area contributed by atoms with Crippen LogP contribution in [-0.2, 0) is 0 Å². The lowest BCUT2D eigenvalue weighted by Crippen LogP contribution is -2.13. The van der Waals surface area contributed by atoms with Crippen molar-refractivity contribution in [3.8, 4) is 0 Å². The van der Waals surface area contributed by atoms with Gasteiger partial charge in [0, 0.05) is 27.2 Å². The van der Waals surface area contributed by atoms with Crippen LogP contribution in [0.5, 0.6) is 0 Å². The molecule has 1 radical (unpaired) electrons. The second-order valence-electron chi connectivity index (χ2n) is 2.45. The molecule has 0 saturated carbocycles. The highest BCUT2D eigenvalue weighted by Gasteiger charge is 2.07. The fourth-order valence-electron chi connectivity index (χ4n) is 1.21. The number of nitrogens with zero attached hydrogens (tertiary/aromatic N) is 1. The maximum Gasteiger partial charge on any atom is 0.127 e. The van der Waals surface area contributed by atoms with E-state index in [1.165, 1.54) is 0 Å². The van der Waals surface area contributed by atoms with Crippen LogP contribution in [0.3, 0.4) is 0 Å². The fourth-order valence-corrected chi connectivity index (χ4v) is 1.21. The third kappa shape index (κ3) is 1.20. The van der Waals surface area contributed by atoms with E-state index < -0.39 is 0 Å². The summed E-state index contributed by atoms with van der Waals surface area (Å²) < 4.78 is 1.88. The lowest BCUT2D eigenvalue weighted by atomic mass is 10.4. The molecular weight excluding hydrogens is 152 g/mol. The van der Waals surface area contributed by atoms with Crippen LogP contribution in [0.15, 0.2) is 6.07 Å². The van der Waals surface area contributed by atoms with Gasteiger partial charge in [-0.15, -0.1) is 0 Å². The van der Waals surface area contributed by atoms with E-state index in [0.717, 1.165) is 17.2 Å². The minimum Gasteiger partial charge on any atom is -0.387 e. The molecule has 12 heavy (non-hydrogen) atoms. The van der Waals surface area contributed by atoms with Gasteiger partial charge in [0.25, 0.3) is 0 Å². The Hall–Kier alpha value is -1.32. The number of rotatable bonds is 3. The average molecular weight is 167 g/mol. The number of hydrogen-bond donors (Lipinski definition) is 3. The minimum atomic E-state index is 0.921. The first-order valence-electron chi connectivity index (χ1n) is 3.85. The summed E-state index contributed by atoms with van der Waals surface area (Å²) in [6.07, 6.45) is 0. The second kappa shape index (κ2) is 3.38. The van der Waals surface area contributed by atoms with Crippen LogP contribution < -0.4 is 16.1 Å². The largest absolute Gasteiger partial charge is 0.387 e. The van der Waals surface area contributed by atoms with Crippen molar-refractivity contribution in [2.75, 3.05) is 37.2 Å². The summed E-state index contributed by atoms with van der Waals surface area (Å²) in [6.45, 7) is 3.93. The topological polar surface area (TPSA) is 41.0 Å². The zero-order chi connectivity index (χ0) is 9.14. The molecule has 0 aromatic carbocycles. The molecule has 67 valence electrons. The van der Waals surface area contributed by atoms with Crippen LogP contribution in [0.25, 0.3) is 0 Å². The maximum atomic E-state index is 3.93. The molecule has 0 spiro atoms. The van der Waals surface area contributed by atoms with Crippen molar-refractivity contribution >= 4 is 11.5 Å². The molecule has 0 saturated heterocycles. The Kier molecular flexibility index (Phi) is 2.47. The summed E-state index contributed by atoms with van der Waals surface area (Å²) in [5.41, 5.74) is 4.96. The first kappa shape index (κ1) is 8.77. The minimum absolute atomic E-state index is 0.921. The van der Waals surface area contributed by atoms with E-state index in [9.17, 15) is 0 Å². The van der Waals surface area contributed by atoms with Gasteiger partial charge in [-0.2, -0.15) is 0 Å². The van der Waals surface area contributed by atoms with Gasteiger partial charge in [-0.3, -0.25) is 0 Å². The van der Waals surface area contributed by atoms with Crippen molar-refractivity contribution in [1.82, 2.24) is 4.68 Å². The highest BCUT2D eigenvalue weighted by Crippen LogP contribution is 2.21. The Morgan fingerprint density at radius 1 is 1.25 bits per heavy atom. The summed E-state index contributed by atoms with van der Waals surface area (Å²) in [6, 6.07) is 2.00. The van der Waals surface area contributed by atoms with E-state index >= 15 is 0 Å². The summed E-state index contributed by atoms with van der Waals surface area (Å²) >= 11 is 0. The molecule has 1 heterocycles. The van der Waals surface area contributed by atoms with Crippen LogP contribution in [0.2, 0.25) is 0 Å². The van der Waals surface area contributed by atoms with Gasteiger partial charge in [-0.05, 0) is 6.92 Å². The fraction of sp³-hybridized carbons (Fsp3) is 0.375. The molecule has 0 aliphatic carbocycles. The Balaban J connectivity index is 3.13. The lowest BCUT2D eigenvalue weighted by molar-refractivity contribution is 0.920. The molecule has 1 aromatic heterocycles. The Morgan fingerprint density at radius 2 is 1.92 bits per heavy atom. The number of aromatic nitrogens is 1. The molecule has 0 bridgehead atoms. The highest BCUT2D eigenvalue weighted by molar-refractivity contribution is 5.61. The quantitative estimate of drug-likeness (QED) is 0.627. The third-order valence-corrected chi connectivity index (χ3v) is 1.85. The van der Waals surface area contributed by atoms with Crippen LogP contribution in [0.4, 0.5) is 11.5 Å². The first-order valence-corrected chi connectivity index (χ1v) is 3.85. The Labute approximate surface area is 72.9 Å². The summed E-state index contributed by atoms with van der Waals surface area (Å²) in [5, 5.41) is 6.12. The van der Waals surface area contributed by atoms with Crippen molar-refractivity contribution in [3.05, 3.63) is 18.7 Å². The Morgan fingerprint density at radius 3 is 2.25 bits per heavy atom. The van der Waals surface area contributed by atoms with Crippen molar-refractivity contribution in [1.29, 1.82) is 0 Å². The normalized spacial score (nSPS) is 9.67. The summed E-state index contributed by atoms with van der Waals surface area (Å²) in [5.74, 6) is 0.992. The standard InChI is InChI=1S/C8H15N4/c1-6-7(9-2)5-8(10-3)12(6)11-4/h5,9-11H,1H2,2-4H3.